The zero-order valence-electron chi connectivity index (χ0n) is 13.7. The van der Waals surface area contributed by atoms with Crippen LogP contribution in [0.5, 0.6) is 5.75 Å². The molecular weight excluding hydrogens is 296 g/mol. The highest BCUT2D eigenvalue weighted by atomic mass is 16.5. The van der Waals surface area contributed by atoms with E-state index in [2.05, 4.69) is 36.4 Å². The summed E-state index contributed by atoms with van der Waals surface area (Å²) in [6, 6.07) is 20.4. The Morgan fingerprint density at radius 1 is 1.00 bits per heavy atom. The van der Waals surface area contributed by atoms with Crippen molar-refractivity contribution in [2.24, 2.45) is 0 Å². The Hall–Kier alpha value is -2.58. The van der Waals surface area contributed by atoms with E-state index in [0.717, 1.165) is 46.1 Å². The van der Waals surface area contributed by atoms with Crippen LogP contribution < -0.4 is 4.74 Å². The van der Waals surface area contributed by atoms with Gasteiger partial charge in [0.05, 0.1) is 7.11 Å². The van der Waals surface area contributed by atoms with Gasteiger partial charge in [-0.3, -0.25) is 0 Å². The predicted molar refractivity (Wildman–Crippen MR) is 98.2 cm³/mol. The molecule has 0 amide bonds. The SMILES string of the molecule is COc1ccc2c(c1)CCC=C2C(O)c1cccc2ccccc12. The first-order chi connectivity index (χ1) is 11.8. The van der Waals surface area contributed by atoms with Crippen LogP contribution in [0.4, 0.5) is 0 Å². The lowest BCUT2D eigenvalue weighted by molar-refractivity contribution is 0.239. The molecule has 1 aliphatic rings. The van der Waals surface area contributed by atoms with E-state index in [4.69, 9.17) is 4.74 Å². The largest absolute Gasteiger partial charge is 0.497 e. The van der Waals surface area contributed by atoms with Crippen molar-refractivity contribution in [3.05, 3.63) is 83.4 Å². The molecule has 0 saturated heterocycles. The maximum Gasteiger partial charge on any atom is 0.119 e. The van der Waals surface area contributed by atoms with Gasteiger partial charge in [-0.25, -0.2) is 0 Å². The zero-order valence-corrected chi connectivity index (χ0v) is 13.7. The molecule has 0 heterocycles. The van der Waals surface area contributed by atoms with Crippen molar-refractivity contribution < 1.29 is 9.84 Å². The predicted octanol–water partition coefficient (Wildman–Crippen LogP) is 4.91. The Morgan fingerprint density at radius 2 is 1.83 bits per heavy atom. The Bertz CT molecular complexity index is 919. The van der Waals surface area contributed by atoms with Crippen molar-refractivity contribution in [2.75, 3.05) is 7.11 Å². The number of ether oxygens (including phenoxy) is 1. The number of aliphatic hydroxyl groups is 1. The summed E-state index contributed by atoms with van der Waals surface area (Å²) >= 11 is 0. The van der Waals surface area contributed by atoms with Crippen molar-refractivity contribution in [1.82, 2.24) is 0 Å². The Morgan fingerprint density at radius 3 is 2.71 bits per heavy atom. The van der Waals surface area contributed by atoms with Crippen LogP contribution in [0.1, 0.15) is 29.2 Å². The Kier molecular flexibility index (Phi) is 3.83. The maximum atomic E-state index is 11.1. The molecule has 3 aromatic carbocycles. The molecule has 2 nitrogen and oxygen atoms in total. The molecule has 4 rings (SSSR count). The van der Waals surface area contributed by atoms with Crippen molar-refractivity contribution >= 4 is 16.3 Å². The van der Waals surface area contributed by atoms with Gasteiger partial charge in [0.15, 0.2) is 0 Å². The lowest BCUT2D eigenvalue weighted by Crippen LogP contribution is -2.08. The highest BCUT2D eigenvalue weighted by Gasteiger charge is 2.22. The molecule has 120 valence electrons. The van der Waals surface area contributed by atoms with Crippen molar-refractivity contribution in [3.8, 4) is 5.75 Å². The summed E-state index contributed by atoms with van der Waals surface area (Å²) in [5.41, 5.74) is 4.33. The minimum Gasteiger partial charge on any atom is -0.497 e. The third kappa shape index (κ3) is 2.49. The molecule has 0 bridgehead atoms. The van der Waals surface area contributed by atoms with Gasteiger partial charge in [0.1, 0.15) is 11.9 Å². The number of aliphatic hydroxyl groups excluding tert-OH is 1. The molecule has 1 aliphatic carbocycles. The first-order valence-electron chi connectivity index (χ1n) is 8.31. The third-order valence-corrected chi connectivity index (χ3v) is 4.81. The number of aryl methyl sites for hydroxylation is 1. The molecule has 0 aliphatic heterocycles. The molecular formula is C22H20O2. The minimum atomic E-state index is -0.622. The summed E-state index contributed by atoms with van der Waals surface area (Å²) in [6.07, 6.45) is 3.47. The standard InChI is InChI=1S/C22H20O2/c1-24-17-12-13-19-16(14-17)8-5-11-21(19)22(23)20-10-4-7-15-6-2-3-9-18(15)20/h2-4,6-7,9-14,22-23H,5,8H2,1H3. The van der Waals surface area contributed by atoms with Gasteiger partial charge in [-0.15, -0.1) is 0 Å². The van der Waals surface area contributed by atoms with Gasteiger partial charge in [0, 0.05) is 0 Å². The summed E-state index contributed by atoms with van der Waals surface area (Å²) in [5, 5.41) is 13.4. The van der Waals surface area contributed by atoms with E-state index < -0.39 is 6.10 Å². The fraction of sp³-hybridized carbons (Fsp3) is 0.182. The number of benzene rings is 3. The summed E-state index contributed by atoms with van der Waals surface area (Å²) in [6.45, 7) is 0. The molecule has 24 heavy (non-hydrogen) atoms. The number of allylic oxidation sites excluding steroid dienone is 1. The van der Waals surface area contributed by atoms with Gasteiger partial charge < -0.3 is 9.84 Å². The maximum absolute atomic E-state index is 11.1. The molecule has 1 N–H and O–H groups in total. The molecule has 0 fully saturated rings. The van der Waals surface area contributed by atoms with Crippen LogP contribution in [0.3, 0.4) is 0 Å². The van der Waals surface area contributed by atoms with Crippen LogP contribution in [0, 0.1) is 0 Å². The number of methoxy groups -OCH3 is 1. The van der Waals surface area contributed by atoms with Gasteiger partial charge in [-0.1, -0.05) is 54.6 Å². The van der Waals surface area contributed by atoms with Crippen LogP contribution in [0.25, 0.3) is 16.3 Å². The number of hydrogen-bond donors (Lipinski definition) is 1. The van der Waals surface area contributed by atoms with Gasteiger partial charge in [0.25, 0.3) is 0 Å². The normalized spacial score (nSPS) is 14.8. The van der Waals surface area contributed by atoms with Gasteiger partial charge in [-0.05, 0) is 58.0 Å². The fourth-order valence-corrected chi connectivity index (χ4v) is 3.59. The van der Waals surface area contributed by atoms with Gasteiger partial charge in [0.2, 0.25) is 0 Å². The third-order valence-electron chi connectivity index (χ3n) is 4.81. The lowest BCUT2D eigenvalue weighted by Gasteiger charge is -2.24. The minimum absolute atomic E-state index is 0.622. The highest BCUT2D eigenvalue weighted by molar-refractivity contribution is 5.88. The monoisotopic (exact) mass is 316 g/mol. The summed E-state index contributed by atoms with van der Waals surface area (Å²) < 4.78 is 5.34. The second kappa shape index (κ2) is 6.14. The topological polar surface area (TPSA) is 29.5 Å². The van der Waals surface area contributed by atoms with E-state index in [1.165, 1.54) is 5.56 Å². The van der Waals surface area contributed by atoms with E-state index >= 15 is 0 Å². The van der Waals surface area contributed by atoms with Crippen LogP contribution in [-0.2, 0) is 6.42 Å². The molecule has 2 heteroatoms. The first kappa shape index (κ1) is 15.0. The number of hydrogen-bond acceptors (Lipinski definition) is 2. The van der Waals surface area contributed by atoms with Gasteiger partial charge in [-0.2, -0.15) is 0 Å². The van der Waals surface area contributed by atoms with E-state index in [0.29, 0.717) is 0 Å². The van der Waals surface area contributed by atoms with E-state index in [1.54, 1.807) is 7.11 Å². The molecule has 0 saturated carbocycles. The van der Waals surface area contributed by atoms with Crippen molar-refractivity contribution in [3.63, 3.8) is 0 Å². The second-order valence-corrected chi connectivity index (χ2v) is 6.19. The molecule has 0 aromatic heterocycles. The van der Waals surface area contributed by atoms with E-state index in [9.17, 15) is 5.11 Å². The number of rotatable bonds is 3. The molecule has 1 atom stereocenters. The lowest BCUT2D eigenvalue weighted by atomic mass is 9.84. The Labute approximate surface area is 142 Å². The van der Waals surface area contributed by atoms with E-state index in [-0.39, 0.29) is 0 Å². The number of fused-ring (bicyclic) bond motifs is 2. The van der Waals surface area contributed by atoms with Crippen LogP contribution in [0.2, 0.25) is 0 Å². The average molecular weight is 316 g/mol. The average Bonchev–Trinajstić information content (AvgIpc) is 2.66. The smallest absolute Gasteiger partial charge is 0.119 e. The highest BCUT2D eigenvalue weighted by Crippen LogP contribution is 2.39. The fourth-order valence-electron chi connectivity index (χ4n) is 3.59. The first-order valence-corrected chi connectivity index (χ1v) is 8.31. The summed E-state index contributed by atoms with van der Waals surface area (Å²) in [4.78, 5) is 0. The molecule has 1 unspecified atom stereocenters. The van der Waals surface area contributed by atoms with Crippen LogP contribution in [-0.4, -0.2) is 12.2 Å². The Balaban J connectivity index is 1.80. The zero-order chi connectivity index (χ0) is 16.5. The van der Waals surface area contributed by atoms with Crippen molar-refractivity contribution in [2.45, 2.75) is 18.9 Å². The quantitative estimate of drug-likeness (QED) is 0.744. The second-order valence-electron chi connectivity index (χ2n) is 6.19. The van der Waals surface area contributed by atoms with Crippen LogP contribution in [0.15, 0.2) is 66.7 Å². The van der Waals surface area contributed by atoms with Gasteiger partial charge >= 0.3 is 0 Å². The summed E-state index contributed by atoms with van der Waals surface area (Å²) in [5.74, 6) is 0.870. The summed E-state index contributed by atoms with van der Waals surface area (Å²) in [7, 11) is 1.69. The molecule has 0 radical (unpaired) electrons. The molecule has 0 spiro atoms. The van der Waals surface area contributed by atoms with E-state index in [1.807, 2.05) is 30.3 Å². The van der Waals surface area contributed by atoms with Crippen molar-refractivity contribution in [1.29, 1.82) is 0 Å². The molecule has 3 aromatic rings. The van der Waals surface area contributed by atoms with Crippen LogP contribution >= 0.6 is 0 Å².